The van der Waals surface area contributed by atoms with Gasteiger partial charge in [0.1, 0.15) is 0 Å². The first-order valence-electron chi connectivity index (χ1n) is 6.94. The molecule has 0 radical (unpaired) electrons. The molecule has 2 aliphatic rings. The van der Waals surface area contributed by atoms with Gasteiger partial charge in [0.25, 0.3) is 0 Å². The Hall–Kier alpha value is -0.420. The maximum absolute atomic E-state index is 12.0. The lowest BCUT2D eigenvalue weighted by molar-refractivity contribution is 0.113. The molecular weight excluding hydrogens is 248 g/mol. The van der Waals surface area contributed by atoms with E-state index in [0.717, 1.165) is 31.4 Å². The molecule has 2 N–H and O–H groups in total. The van der Waals surface area contributed by atoms with Gasteiger partial charge in [0.05, 0.1) is 6.10 Å². The molecule has 1 aliphatic carbocycles. The van der Waals surface area contributed by atoms with Gasteiger partial charge in [0.2, 0.25) is 0 Å². The van der Waals surface area contributed by atoms with Gasteiger partial charge in [-0.15, -0.1) is 0 Å². The Morgan fingerprint density at radius 3 is 2.83 bits per heavy atom. The summed E-state index contributed by atoms with van der Waals surface area (Å²) < 4.78 is 0. The minimum absolute atomic E-state index is 0.0154. The van der Waals surface area contributed by atoms with Crippen LogP contribution in [0.3, 0.4) is 0 Å². The molecule has 3 atom stereocenters. The van der Waals surface area contributed by atoms with Crippen LogP contribution in [0.15, 0.2) is 0 Å². The summed E-state index contributed by atoms with van der Waals surface area (Å²) >= 11 is 1.92. The average molecular weight is 272 g/mol. The normalized spacial score (nSPS) is 32.2. The summed E-state index contributed by atoms with van der Waals surface area (Å²) in [5.74, 6) is 2.52. The second kappa shape index (κ2) is 6.66. The first-order valence-corrected chi connectivity index (χ1v) is 8.09. The van der Waals surface area contributed by atoms with Gasteiger partial charge in [-0.3, -0.25) is 0 Å². The molecule has 0 aromatic rings. The van der Waals surface area contributed by atoms with Gasteiger partial charge in [-0.2, -0.15) is 11.8 Å². The number of urea groups is 1. The van der Waals surface area contributed by atoms with E-state index in [1.165, 1.54) is 12.2 Å². The van der Waals surface area contributed by atoms with Crippen LogP contribution in [0.2, 0.25) is 0 Å². The standard InChI is InChI=1S/C13H24N2O2S/c1-15(8-10-4-2-6-12(10)16)13(17)14-11-5-3-7-18-9-11/h10-12,16H,2-9H2,1H3,(H,14,17). The quantitative estimate of drug-likeness (QED) is 0.822. The van der Waals surface area contributed by atoms with Crippen molar-refractivity contribution in [1.82, 2.24) is 10.2 Å². The van der Waals surface area contributed by atoms with Crippen molar-refractivity contribution >= 4 is 17.8 Å². The molecule has 0 aromatic carbocycles. The summed E-state index contributed by atoms with van der Waals surface area (Å²) in [6.45, 7) is 0.673. The Kier molecular flexibility index (Phi) is 5.18. The lowest BCUT2D eigenvalue weighted by Gasteiger charge is -2.28. The van der Waals surface area contributed by atoms with Crippen molar-refractivity contribution in [1.29, 1.82) is 0 Å². The molecule has 0 aromatic heterocycles. The second-order valence-corrected chi connectivity index (χ2v) is 6.65. The van der Waals surface area contributed by atoms with Gasteiger partial charge < -0.3 is 15.3 Å². The van der Waals surface area contributed by atoms with Crippen molar-refractivity contribution in [2.75, 3.05) is 25.1 Å². The first-order chi connectivity index (χ1) is 8.66. The summed E-state index contributed by atoms with van der Waals surface area (Å²) in [6.07, 6.45) is 5.09. The SMILES string of the molecule is CN(CC1CCCC1O)C(=O)NC1CCCSC1. The third-order valence-corrected chi connectivity index (χ3v) is 5.18. The largest absolute Gasteiger partial charge is 0.393 e. The van der Waals surface area contributed by atoms with Gasteiger partial charge in [0.15, 0.2) is 0 Å². The molecule has 1 saturated carbocycles. The predicted octanol–water partition coefficient (Wildman–Crippen LogP) is 1.68. The predicted molar refractivity (Wildman–Crippen MR) is 74.9 cm³/mol. The van der Waals surface area contributed by atoms with Crippen LogP contribution in [-0.2, 0) is 0 Å². The number of amides is 2. The lowest BCUT2D eigenvalue weighted by Crippen LogP contribution is -2.46. The van der Waals surface area contributed by atoms with E-state index in [-0.39, 0.29) is 18.1 Å². The molecule has 3 unspecified atom stereocenters. The molecule has 104 valence electrons. The summed E-state index contributed by atoms with van der Waals surface area (Å²) in [7, 11) is 1.83. The molecule has 1 saturated heterocycles. The molecule has 4 nitrogen and oxygen atoms in total. The maximum Gasteiger partial charge on any atom is 0.317 e. The van der Waals surface area contributed by atoms with Crippen LogP contribution < -0.4 is 5.32 Å². The fraction of sp³-hybridized carbons (Fsp3) is 0.923. The van der Waals surface area contributed by atoms with Crippen LogP contribution in [0, 0.1) is 5.92 Å². The Morgan fingerprint density at radius 1 is 1.39 bits per heavy atom. The molecule has 0 spiro atoms. The molecule has 2 amide bonds. The van der Waals surface area contributed by atoms with Gasteiger partial charge in [-0.25, -0.2) is 4.79 Å². The minimum atomic E-state index is -0.217. The number of nitrogens with zero attached hydrogens (tertiary/aromatic N) is 1. The van der Waals surface area contributed by atoms with Gasteiger partial charge in [0, 0.05) is 31.3 Å². The van der Waals surface area contributed by atoms with E-state index in [2.05, 4.69) is 5.32 Å². The maximum atomic E-state index is 12.0. The zero-order valence-corrected chi connectivity index (χ0v) is 11.9. The first kappa shape index (κ1) is 14.0. The summed E-state index contributed by atoms with van der Waals surface area (Å²) in [5.41, 5.74) is 0. The van der Waals surface area contributed by atoms with Gasteiger partial charge in [-0.05, 0) is 31.4 Å². The van der Waals surface area contributed by atoms with Crippen molar-refractivity contribution in [3.63, 3.8) is 0 Å². The number of thioether (sulfide) groups is 1. The van der Waals surface area contributed by atoms with Crippen molar-refractivity contribution in [2.24, 2.45) is 5.92 Å². The van der Waals surface area contributed by atoms with Gasteiger partial charge >= 0.3 is 6.03 Å². The monoisotopic (exact) mass is 272 g/mol. The molecular formula is C13H24N2O2S. The van der Waals surface area contributed by atoms with Crippen molar-refractivity contribution in [2.45, 2.75) is 44.2 Å². The highest BCUT2D eigenvalue weighted by Gasteiger charge is 2.28. The highest BCUT2D eigenvalue weighted by atomic mass is 32.2. The summed E-state index contributed by atoms with van der Waals surface area (Å²) in [6, 6.07) is 0.341. The molecule has 1 heterocycles. The van der Waals surface area contributed by atoms with E-state index < -0.39 is 0 Å². The van der Waals surface area contributed by atoms with Crippen LogP contribution in [-0.4, -0.2) is 53.3 Å². The number of aliphatic hydroxyl groups is 1. The third-order valence-electron chi connectivity index (χ3n) is 3.96. The van der Waals surface area contributed by atoms with E-state index in [0.29, 0.717) is 12.6 Å². The Morgan fingerprint density at radius 2 is 2.22 bits per heavy atom. The van der Waals surface area contributed by atoms with Crippen molar-refractivity contribution < 1.29 is 9.90 Å². The summed E-state index contributed by atoms with van der Waals surface area (Å²) in [5, 5.41) is 12.9. The lowest BCUT2D eigenvalue weighted by atomic mass is 10.1. The molecule has 0 bridgehead atoms. The van der Waals surface area contributed by atoms with Crippen LogP contribution in [0.4, 0.5) is 4.79 Å². The van der Waals surface area contributed by atoms with E-state index in [4.69, 9.17) is 0 Å². The van der Waals surface area contributed by atoms with Gasteiger partial charge in [-0.1, -0.05) is 6.42 Å². The van der Waals surface area contributed by atoms with E-state index in [9.17, 15) is 9.90 Å². The number of aliphatic hydroxyl groups excluding tert-OH is 1. The van der Waals surface area contributed by atoms with E-state index in [1.807, 2.05) is 18.8 Å². The molecule has 5 heteroatoms. The number of hydrogen-bond donors (Lipinski definition) is 2. The number of carbonyl (C=O) groups is 1. The third kappa shape index (κ3) is 3.79. The fourth-order valence-electron chi connectivity index (χ4n) is 2.80. The van der Waals surface area contributed by atoms with Crippen LogP contribution in [0.5, 0.6) is 0 Å². The zero-order chi connectivity index (χ0) is 13.0. The highest BCUT2D eigenvalue weighted by molar-refractivity contribution is 7.99. The summed E-state index contributed by atoms with van der Waals surface area (Å²) in [4.78, 5) is 13.8. The van der Waals surface area contributed by atoms with Crippen LogP contribution in [0.1, 0.15) is 32.1 Å². The Labute approximate surface area is 113 Å². The zero-order valence-electron chi connectivity index (χ0n) is 11.1. The fourth-order valence-corrected chi connectivity index (χ4v) is 3.88. The van der Waals surface area contributed by atoms with E-state index in [1.54, 1.807) is 4.90 Å². The molecule has 1 aliphatic heterocycles. The van der Waals surface area contributed by atoms with E-state index >= 15 is 0 Å². The average Bonchev–Trinajstić information content (AvgIpc) is 2.76. The smallest absolute Gasteiger partial charge is 0.317 e. The Bertz CT molecular complexity index is 282. The highest BCUT2D eigenvalue weighted by Crippen LogP contribution is 2.26. The van der Waals surface area contributed by atoms with Crippen molar-refractivity contribution in [3.8, 4) is 0 Å². The topological polar surface area (TPSA) is 52.6 Å². The molecule has 18 heavy (non-hydrogen) atoms. The Balaban J connectivity index is 1.73. The molecule has 2 fully saturated rings. The van der Waals surface area contributed by atoms with Crippen LogP contribution >= 0.6 is 11.8 Å². The minimum Gasteiger partial charge on any atom is -0.393 e. The van der Waals surface area contributed by atoms with Crippen molar-refractivity contribution in [3.05, 3.63) is 0 Å². The number of nitrogens with one attached hydrogen (secondary N) is 1. The second-order valence-electron chi connectivity index (χ2n) is 5.50. The number of hydrogen-bond acceptors (Lipinski definition) is 3. The number of carbonyl (C=O) groups excluding carboxylic acids is 1. The van der Waals surface area contributed by atoms with Crippen LogP contribution in [0.25, 0.3) is 0 Å². The molecule has 2 rings (SSSR count). The number of rotatable bonds is 3.